The van der Waals surface area contributed by atoms with Crippen molar-refractivity contribution in [1.29, 1.82) is 0 Å². The lowest BCUT2D eigenvalue weighted by Crippen LogP contribution is -2.20. The van der Waals surface area contributed by atoms with Crippen molar-refractivity contribution in [2.75, 3.05) is 0 Å². The third kappa shape index (κ3) is 3.29. The van der Waals surface area contributed by atoms with Crippen LogP contribution in [0, 0.1) is 17.7 Å². The van der Waals surface area contributed by atoms with Gasteiger partial charge in [-0.15, -0.1) is 0 Å². The van der Waals surface area contributed by atoms with Crippen molar-refractivity contribution >= 4 is 0 Å². The van der Waals surface area contributed by atoms with E-state index in [0.29, 0.717) is 12.3 Å². The second-order valence-corrected chi connectivity index (χ2v) is 5.25. The molecule has 0 aromatic heterocycles. The van der Waals surface area contributed by atoms with Crippen LogP contribution in [0.2, 0.25) is 0 Å². The van der Waals surface area contributed by atoms with E-state index in [9.17, 15) is 9.50 Å². The number of rotatable bonds is 4. The van der Waals surface area contributed by atoms with E-state index in [1.165, 1.54) is 25.0 Å². The standard InChI is InChI=1S/C15H21FO/c1-2-11-6-7-13(8-11)15(17)10-12-4-3-5-14(16)9-12/h3-5,9,11,13,15,17H,2,6-8,10H2,1H3. The lowest BCUT2D eigenvalue weighted by atomic mass is 9.93. The van der Waals surface area contributed by atoms with E-state index in [0.717, 1.165) is 24.3 Å². The number of aliphatic hydroxyl groups is 1. The first kappa shape index (κ1) is 12.6. The van der Waals surface area contributed by atoms with Crippen molar-refractivity contribution in [2.45, 2.75) is 45.1 Å². The van der Waals surface area contributed by atoms with E-state index >= 15 is 0 Å². The molecule has 1 aromatic rings. The van der Waals surface area contributed by atoms with Crippen LogP contribution in [0.15, 0.2) is 24.3 Å². The fourth-order valence-electron chi connectivity index (χ4n) is 2.91. The Morgan fingerprint density at radius 2 is 2.24 bits per heavy atom. The van der Waals surface area contributed by atoms with E-state index in [1.807, 2.05) is 6.07 Å². The Labute approximate surface area is 103 Å². The summed E-state index contributed by atoms with van der Waals surface area (Å²) >= 11 is 0. The molecule has 0 saturated heterocycles. The second-order valence-electron chi connectivity index (χ2n) is 5.25. The first-order chi connectivity index (χ1) is 8.19. The zero-order valence-corrected chi connectivity index (χ0v) is 10.4. The maximum absolute atomic E-state index is 13.0. The van der Waals surface area contributed by atoms with Crippen LogP contribution in [0.3, 0.4) is 0 Å². The summed E-state index contributed by atoms with van der Waals surface area (Å²) in [5, 5.41) is 10.2. The Balaban J connectivity index is 1.91. The summed E-state index contributed by atoms with van der Waals surface area (Å²) in [5.74, 6) is 0.970. The molecule has 1 aliphatic carbocycles. The molecule has 1 aliphatic rings. The number of aliphatic hydroxyl groups excluding tert-OH is 1. The summed E-state index contributed by atoms with van der Waals surface area (Å²) in [6.45, 7) is 2.21. The largest absolute Gasteiger partial charge is 0.392 e. The number of halogens is 1. The van der Waals surface area contributed by atoms with Gasteiger partial charge in [-0.05, 0) is 48.8 Å². The van der Waals surface area contributed by atoms with Crippen molar-refractivity contribution in [2.24, 2.45) is 11.8 Å². The van der Waals surface area contributed by atoms with Gasteiger partial charge >= 0.3 is 0 Å². The number of benzene rings is 1. The molecule has 0 aliphatic heterocycles. The maximum Gasteiger partial charge on any atom is 0.123 e. The van der Waals surface area contributed by atoms with E-state index in [2.05, 4.69) is 6.92 Å². The molecule has 1 aromatic carbocycles. The molecular weight excluding hydrogens is 215 g/mol. The van der Waals surface area contributed by atoms with E-state index in [1.54, 1.807) is 6.07 Å². The molecular formula is C15H21FO. The van der Waals surface area contributed by atoms with Crippen molar-refractivity contribution < 1.29 is 9.50 Å². The van der Waals surface area contributed by atoms with Crippen LogP contribution in [-0.2, 0) is 6.42 Å². The number of hydrogen-bond donors (Lipinski definition) is 1. The van der Waals surface area contributed by atoms with Crippen LogP contribution in [0.25, 0.3) is 0 Å². The van der Waals surface area contributed by atoms with E-state index in [-0.39, 0.29) is 11.9 Å². The minimum Gasteiger partial charge on any atom is -0.392 e. The molecule has 1 saturated carbocycles. The fourth-order valence-corrected chi connectivity index (χ4v) is 2.91. The van der Waals surface area contributed by atoms with Crippen molar-refractivity contribution in [1.82, 2.24) is 0 Å². The molecule has 2 heteroatoms. The molecule has 3 unspecified atom stereocenters. The van der Waals surface area contributed by atoms with Crippen LogP contribution in [0.5, 0.6) is 0 Å². The predicted molar refractivity (Wildman–Crippen MR) is 67.2 cm³/mol. The van der Waals surface area contributed by atoms with E-state index in [4.69, 9.17) is 0 Å². The van der Waals surface area contributed by atoms with Gasteiger partial charge in [-0.2, -0.15) is 0 Å². The first-order valence-corrected chi connectivity index (χ1v) is 6.61. The van der Waals surface area contributed by atoms with Crippen molar-refractivity contribution in [3.8, 4) is 0 Å². The molecule has 3 atom stereocenters. The molecule has 0 radical (unpaired) electrons. The Morgan fingerprint density at radius 1 is 1.41 bits per heavy atom. The number of hydrogen-bond acceptors (Lipinski definition) is 1. The van der Waals surface area contributed by atoms with Gasteiger partial charge in [-0.3, -0.25) is 0 Å². The molecule has 0 heterocycles. The zero-order chi connectivity index (χ0) is 12.3. The third-order valence-corrected chi connectivity index (χ3v) is 4.04. The normalized spacial score (nSPS) is 26.1. The van der Waals surface area contributed by atoms with Gasteiger partial charge in [0, 0.05) is 0 Å². The highest BCUT2D eigenvalue weighted by Gasteiger charge is 2.28. The highest BCUT2D eigenvalue weighted by Crippen LogP contribution is 2.35. The lowest BCUT2D eigenvalue weighted by Gasteiger charge is -2.18. The van der Waals surface area contributed by atoms with Crippen molar-refractivity contribution in [3.05, 3.63) is 35.6 Å². The van der Waals surface area contributed by atoms with Gasteiger partial charge in [-0.1, -0.05) is 31.9 Å². The highest BCUT2D eigenvalue weighted by atomic mass is 19.1. The van der Waals surface area contributed by atoms with Gasteiger partial charge in [0.15, 0.2) is 0 Å². The molecule has 0 spiro atoms. The summed E-state index contributed by atoms with van der Waals surface area (Å²) < 4.78 is 13.0. The van der Waals surface area contributed by atoms with Crippen LogP contribution in [-0.4, -0.2) is 11.2 Å². The van der Waals surface area contributed by atoms with Crippen LogP contribution in [0.4, 0.5) is 4.39 Å². The summed E-state index contributed by atoms with van der Waals surface area (Å²) in [7, 11) is 0. The highest BCUT2D eigenvalue weighted by molar-refractivity contribution is 5.17. The van der Waals surface area contributed by atoms with Gasteiger partial charge in [0.05, 0.1) is 6.10 Å². The summed E-state index contributed by atoms with van der Waals surface area (Å²) in [4.78, 5) is 0. The minimum absolute atomic E-state index is 0.215. The van der Waals surface area contributed by atoms with Crippen LogP contribution in [0.1, 0.15) is 38.2 Å². The van der Waals surface area contributed by atoms with Gasteiger partial charge in [0.1, 0.15) is 5.82 Å². The summed E-state index contributed by atoms with van der Waals surface area (Å²) in [6, 6.07) is 6.56. The average molecular weight is 236 g/mol. The maximum atomic E-state index is 13.0. The zero-order valence-electron chi connectivity index (χ0n) is 10.4. The van der Waals surface area contributed by atoms with Crippen molar-refractivity contribution in [3.63, 3.8) is 0 Å². The molecule has 17 heavy (non-hydrogen) atoms. The minimum atomic E-state index is -0.312. The Morgan fingerprint density at radius 3 is 2.88 bits per heavy atom. The van der Waals surface area contributed by atoms with Gasteiger partial charge in [0.2, 0.25) is 0 Å². The van der Waals surface area contributed by atoms with Gasteiger partial charge < -0.3 is 5.11 Å². The summed E-state index contributed by atoms with van der Waals surface area (Å²) in [6.07, 6.45) is 4.97. The molecule has 94 valence electrons. The van der Waals surface area contributed by atoms with E-state index < -0.39 is 0 Å². The SMILES string of the molecule is CCC1CCC(C(O)Cc2cccc(F)c2)C1. The topological polar surface area (TPSA) is 20.2 Å². The molecule has 1 N–H and O–H groups in total. The predicted octanol–water partition coefficient (Wildman–Crippen LogP) is 3.56. The fraction of sp³-hybridized carbons (Fsp3) is 0.600. The van der Waals surface area contributed by atoms with Crippen LogP contribution < -0.4 is 0 Å². The third-order valence-electron chi connectivity index (χ3n) is 4.04. The first-order valence-electron chi connectivity index (χ1n) is 6.61. The Kier molecular flexibility index (Phi) is 4.16. The molecule has 1 fully saturated rings. The monoisotopic (exact) mass is 236 g/mol. The second kappa shape index (κ2) is 5.63. The summed E-state index contributed by atoms with van der Waals surface area (Å²) in [5.41, 5.74) is 0.900. The molecule has 0 bridgehead atoms. The van der Waals surface area contributed by atoms with Crippen LogP contribution >= 0.6 is 0 Å². The Bertz CT molecular complexity index is 364. The molecule has 2 rings (SSSR count). The molecule has 0 amide bonds. The Hall–Kier alpha value is -0.890. The quantitative estimate of drug-likeness (QED) is 0.847. The van der Waals surface area contributed by atoms with Gasteiger partial charge in [-0.25, -0.2) is 4.39 Å². The average Bonchev–Trinajstić information content (AvgIpc) is 2.77. The smallest absolute Gasteiger partial charge is 0.123 e. The van der Waals surface area contributed by atoms with Gasteiger partial charge in [0.25, 0.3) is 0 Å². The lowest BCUT2D eigenvalue weighted by molar-refractivity contribution is 0.108. The molecule has 1 nitrogen and oxygen atoms in total.